The van der Waals surface area contributed by atoms with Crippen LogP contribution in [0.5, 0.6) is 11.5 Å². The van der Waals surface area contributed by atoms with E-state index in [9.17, 15) is 4.79 Å². The lowest BCUT2D eigenvalue weighted by Gasteiger charge is -2.21. The highest BCUT2D eigenvalue weighted by Crippen LogP contribution is 2.32. The van der Waals surface area contributed by atoms with Crippen molar-refractivity contribution in [3.8, 4) is 11.5 Å². The van der Waals surface area contributed by atoms with Crippen LogP contribution in [0.3, 0.4) is 0 Å². The lowest BCUT2D eigenvalue weighted by molar-refractivity contribution is -0.122. The monoisotopic (exact) mass is 471 g/mol. The van der Waals surface area contributed by atoms with Gasteiger partial charge in [-0.3, -0.25) is 4.79 Å². The number of rotatable bonds is 10. The molecule has 2 atom stereocenters. The average Bonchev–Trinajstić information content (AvgIpc) is 3.31. The minimum absolute atomic E-state index is 0.00505. The quantitative estimate of drug-likeness (QED) is 0.327. The van der Waals surface area contributed by atoms with Gasteiger partial charge in [-0.1, -0.05) is 56.3 Å². The molecule has 0 spiro atoms. The molecular weight excluding hydrogens is 438 g/mol. The first-order valence-corrected chi connectivity index (χ1v) is 12.0. The molecule has 2 unspecified atom stereocenters. The predicted molar refractivity (Wildman–Crippen MR) is 138 cm³/mol. The summed E-state index contributed by atoms with van der Waals surface area (Å²) in [6.45, 7) is 6.70. The topological polar surface area (TPSA) is 64.9 Å². The summed E-state index contributed by atoms with van der Waals surface area (Å²) in [4.78, 5) is 17.7. The van der Waals surface area contributed by atoms with Crippen molar-refractivity contribution in [1.29, 1.82) is 0 Å². The number of imidazole rings is 1. The van der Waals surface area contributed by atoms with Crippen molar-refractivity contribution < 1.29 is 14.3 Å². The Morgan fingerprint density at radius 3 is 2.57 bits per heavy atom. The Kier molecular flexibility index (Phi) is 7.70. The highest BCUT2D eigenvalue weighted by atomic mass is 16.5. The van der Waals surface area contributed by atoms with Gasteiger partial charge in [0.15, 0.2) is 11.4 Å². The molecule has 0 saturated heterocycles. The molecule has 1 N–H and O–H groups in total. The van der Waals surface area contributed by atoms with E-state index in [1.165, 1.54) is 0 Å². The van der Waals surface area contributed by atoms with Crippen molar-refractivity contribution in [2.75, 3.05) is 7.11 Å². The fraction of sp³-hybridized carbons (Fsp3) is 0.310. The summed E-state index contributed by atoms with van der Waals surface area (Å²) < 4.78 is 13.6. The molecule has 0 saturated carbocycles. The van der Waals surface area contributed by atoms with E-state index in [1.54, 1.807) is 7.11 Å². The second-order valence-corrected chi connectivity index (χ2v) is 9.16. The van der Waals surface area contributed by atoms with E-state index in [4.69, 9.17) is 14.5 Å². The van der Waals surface area contributed by atoms with Crippen LogP contribution in [0.25, 0.3) is 5.65 Å². The zero-order valence-electron chi connectivity index (χ0n) is 20.8. The smallest absolute Gasteiger partial charge is 0.221 e. The molecular formula is C29H33N3O3. The van der Waals surface area contributed by atoms with Crippen molar-refractivity contribution in [2.24, 2.45) is 5.92 Å². The molecule has 0 aliphatic carbocycles. The van der Waals surface area contributed by atoms with Crippen LogP contribution in [0.15, 0.2) is 79.1 Å². The summed E-state index contributed by atoms with van der Waals surface area (Å²) in [6.07, 6.45) is 4.11. The molecule has 4 rings (SSSR count). The molecule has 182 valence electrons. The second kappa shape index (κ2) is 11.1. The SMILES string of the molecule is COc1cccc(C(CC(=O)NC(C)C(C)C)c2cnc3c(OCc4ccccc4)cccn23)c1. The molecule has 35 heavy (non-hydrogen) atoms. The van der Waals surface area contributed by atoms with Crippen LogP contribution in [0.4, 0.5) is 0 Å². The predicted octanol–water partition coefficient (Wildman–Crippen LogP) is 5.60. The molecule has 0 fully saturated rings. The van der Waals surface area contributed by atoms with Crippen LogP contribution in [0.1, 0.15) is 49.9 Å². The minimum atomic E-state index is -0.205. The maximum absolute atomic E-state index is 13.1. The summed E-state index contributed by atoms with van der Waals surface area (Å²) in [5.74, 6) is 1.61. The number of hydrogen-bond acceptors (Lipinski definition) is 4. The van der Waals surface area contributed by atoms with Crippen LogP contribution in [-0.4, -0.2) is 28.4 Å². The molecule has 0 radical (unpaired) electrons. The van der Waals surface area contributed by atoms with Gasteiger partial charge >= 0.3 is 0 Å². The summed E-state index contributed by atoms with van der Waals surface area (Å²) in [5.41, 5.74) is 3.73. The van der Waals surface area contributed by atoms with Gasteiger partial charge in [-0.15, -0.1) is 0 Å². The summed E-state index contributed by atoms with van der Waals surface area (Å²) in [6, 6.07) is 21.9. The number of aromatic nitrogens is 2. The fourth-order valence-corrected chi connectivity index (χ4v) is 4.03. The third-order valence-electron chi connectivity index (χ3n) is 6.40. The maximum atomic E-state index is 13.1. The van der Waals surface area contributed by atoms with Crippen LogP contribution in [0.2, 0.25) is 0 Å². The minimum Gasteiger partial charge on any atom is -0.497 e. The largest absolute Gasteiger partial charge is 0.497 e. The van der Waals surface area contributed by atoms with Gasteiger partial charge in [-0.05, 0) is 48.2 Å². The Labute approximate surface area is 206 Å². The summed E-state index contributed by atoms with van der Waals surface area (Å²) >= 11 is 0. The fourth-order valence-electron chi connectivity index (χ4n) is 4.03. The number of fused-ring (bicyclic) bond motifs is 1. The Morgan fingerprint density at radius 2 is 1.83 bits per heavy atom. The van der Waals surface area contributed by atoms with Gasteiger partial charge in [-0.2, -0.15) is 0 Å². The van der Waals surface area contributed by atoms with Crippen molar-refractivity contribution in [3.05, 3.63) is 95.9 Å². The number of ether oxygens (including phenoxy) is 2. The van der Waals surface area contributed by atoms with E-state index >= 15 is 0 Å². The van der Waals surface area contributed by atoms with Crippen molar-refractivity contribution in [1.82, 2.24) is 14.7 Å². The van der Waals surface area contributed by atoms with Gasteiger partial charge in [-0.25, -0.2) is 4.98 Å². The number of carbonyl (C=O) groups is 1. The molecule has 0 aliphatic heterocycles. The standard InChI is InChI=1S/C29H33N3O3/c1-20(2)21(3)31-28(33)17-25(23-12-8-13-24(16-23)34-4)26-18-30-29-27(14-9-15-32(26)29)35-19-22-10-6-5-7-11-22/h5-16,18,20-21,25H,17,19H2,1-4H3,(H,31,33). The molecule has 0 aliphatic rings. The third-order valence-corrected chi connectivity index (χ3v) is 6.40. The van der Waals surface area contributed by atoms with Gasteiger partial charge in [0.2, 0.25) is 5.91 Å². The average molecular weight is 472 g/mol. The molecule has 0 bridgehead atoms. The lowest BCUT2D eigenvalue weighted by atomic mass is 9.91. The van der Waals surface area contributed by atoms with Crippen LogP contribution < -0.4 is 14.8 Å². The molecule has 6 heteroatoms. The normalized spacial score (nSPS) is 12.9. The van der Waals surface area contributed by atoms with E-state index in [0.717, 1.165) is 28.2 Å². The van der Waals surface area contributed by atoms with Gasteiger partial charge in [0.25, 0.3) is 0 Å². The highest BCUT2D eigenvalue weighted by molar-refractivity contribution is 5.78. The van der Waals surface area contributed by atoms with Gasteiger partial charge in [0.1, 0.15) is 12.4 Å². The van der Waals surface area contributed by atoms with Crippen LogP contribution in [0, 0.1) is 5.92 Å². The Morgan fingerprint density at radius 1 is 1.03 bits per heavy atom. The molecule has 4 aromatic rings. The number of pyridine rings is 1. The van der Waals surface area contributed by atoms with E-state index in [-0.39, 0.29) is 17.9 Å². The Bertz CT molecular complexity index is 1270. The van der Waals surface area contributed by atoms with E-state index < -0.39 is 0 Å². The van der Waals surface area contributed by atoms with E-state index in [0.29, 0.717) is 24.7 Å². The van der Waals surface area contributed by atoms with Crippen molar-refractivity contribution in [3.63, 3.8) is 0 Å². The van der Waals surface area contributed by atoms with Crippen molar-refractivity contribution in [2.45, 2.75) is 45.8 Å². The summed E-state index contributed by atoms with van der Waals surface area (Å²) in [7, 11) is 1.65. The molecule has 2 heterocycles. The molecule has 1 amide bonds. The number of hydrogen-bond donors (Lipinski definition) is 1. The number of nitrogens with one attached hydrogen (secondary N) is 1. The number of amides is 1. The van der Waals surface area contributed by atoms with E-state index in [2.05, 4.69) is 19.2 Å². The number of benzene rings is 2. The molecule has 6 nitrogen and oxygen atoms in total. The molecule has 2 aromatic carbocycles. The zero-order valence-corrected chi connectivity index (χ0v) is 20.8. The third kappa shape index (κ3) is 5.83. The summed E-state index contributed by atoms with van der Waals surface area (Å²) in [5, 5.41) is 3.14. The van der Waals surface area contributed by atoms with Gasteiger partial charge in [0.05, 0.1) is 12.8 Å². The van der Waals surface area contributed by atoms with Crippen LogP contribution in [-0.2, 0) is 11.4 Å². The maximum Gasteiger partial charge on any atom is 0.221 e. The number of methoxy groups -OCH3 is 1. The first-order chi connectivity index (χ1) is 17.0. The van der Waals surface area contributed by atoms with E-state index in [1.807, 2.05) is 90.4 Å². The second-order valence-electron chi connectivity index (χ2n) is 9.16. The zero-order chi connectivity index (χ0) is 24.8. The Hall–Kier alpha value is -3.80. The van der Waals surface area contributed by atoms with Gasteiger partial charge in [0, 0.05) is 30.8 Å². The molecule has 2 aromatic heterocycles. The number of carbonyl (C=O) groups excluding carboxylic acids is 1. The van der Waals surface area contributed by atoms with Crippen molar-refractivity contribution >= 4 is 11.6 Å². The Balaban J connectivity index is 1.67. The van der Waals surface area contributed by atoms with Crippen LogP contribution >= 0.6 is 0 Å². The van der Waals surface area contributed by atoms with Gasteiger partial charge < -0.3 is 19.2 Å². The first-order valence-electron chi connectivity index (χ1n) is 12.0. The lowest BCUT2D eigenvalue weighted by Crippen LogP contribution is -2.36. The number of nitrogens with zero attached hydrogens (tertiary/aromatic N) is 2. The highest BCUT2D eigenvalue weighted by Gasteiger charge is 2.24. The first kappa shape index (κ1) is 24.3.